The molecule has 5 heteroatoms. The molecule has 0 amide bonds. The highest BCUT2D eigenvalue weighted by Crippen LogP contribution is 2.39. The number of carbonyl (C=O) groups excluding carboxylic acids is 1. The van der Waals surface area contributed by atoms with E-state index in [1.165, 1.54) is 12.8 Å². The molecule has 1 saturated carbocycles. The number of benzene rings is 1. The molecule has 0 spiro atoms. The Morgan fingerprint density at radius 1 is 1.17 bits per heavy atom. The summed E-state index contributed by atoms with van der Waals surface area (Å²) in [5, 5.41) is 0. The minimum absolute atomic E-state index is 0.000943. The van der Waals surface area contributed by atoms with E-state index >= 15 is 0 Å². The Balaban J connectivity index is 2.24. The molecule has 1 aromatic carbocycles. The van der Waals surface area contributed by atoms with Gasteiger partial charge in [-0.15, -0.1) is 0 Å². The van der Waals surface area contributed by atoms with E-state index in [4.69, 9.17) is 9.47 Å². The zero-order valence-electron chi connectivity index (χ0n) is 14.6. The zero-order chi connectivity index (χ0) is 17.4. The van der Waals surface area contributed by atoms with Crippen LogP contribution < -0.4 is 9.47 Å². The van der Waals surface area contributed by atoms with E-state index in [2.05, 4.69) is 0 Å². The smallest absolute Gasteiger partial charge is 0.173 e. The summed E-state index contributed by atoms with van der Waals surface area (Å²) in [7, 11) is 3.37. The minimum Gasteiger partial charge on any atom is -0.496 e. The molecule has 132 valence electrons. The van der Waals surface area contributed by atoms with Crippen molar-refractivity contribution in [2.75, 3.05) is 20.4 Å². The molecule has 0 aliphatic heterocycles. The lowest BCUT2D eigenvalue weighted by molar-refractivity contribution is 0.0854. The molecule has 0 saturated heterocycles. The first-order valence-corrected chi connectivity index (χ1v) is 9.77. The van der Waals surface area contributed by atoms with Crippen molar-refractivity contribution in [1.82, 2.24) is 0 Å². The highest BCUT2D eigenvalue weighted by Gasteiger charge is 2.33. The van der Waals surface area contributed by atoms with Gasteiger partial charge in [0.15, 0.2) is 14.2 Å². The fraction of sp³-hybridized carbons (Fsp3) is 0.632. The Kier molecular flexibility index (Phi) is 7.71. The molecule has 1 aliphatic carbocycles. The monoisotopic (exact) mass is 350 g/mol. The third-order valence-corrected chi connectivity index (χ3v) is 5.49. The average Bonchev–Trinajstić information content (AvgIpc) is 3.14. The van der Waals surface area contributed by atoms with Crippen LogP contribution in [0.2, 0.25) is 0 Å². The molecule has 1 unspecified atom stereocenters. The first-order chi connectivity index (χ1) is 11.7. The molecular weight excluding hydrogens is 323 g/mol. The molecular formula is C19H27O4P. The van der Waals surface area contributed by atoms with Gasteiger partial charge in [0.1, 0.15) is 17.1 Å². The molecule has 4 nitrogen and oxygen atoms in total. The summed E-state index contributed by atoms with van der Waals surface area (Å²) >= 11 is 0. The molecule has 1 aliphatic rings. The van der Waals surface area contributed by atoms with E-state index in [-0.39, 0.29) is 20.2 Å². The summed E-state index contributed by atoms with van der Waals surface area (Å²) in [6, 6.07) is 5.47. The van der Waals surface area contributed by atoms with Crippen molar-refractivity contribution in [1.29, 1.82) is 0 Å². The fourth-order valence-corrected chi connectivity index (χ4v) is 4.11. The SMILES string of the molecule is COc1cccc(OC)c1C(=O)C(CCCCP=O)C1CCCC1. The van der Waals surface area contributed by atoms with Crippen molar-refractivity contribution in [2.45, 2.75) is 44.9 Å². The zero-order valence-corrected chi connectivity index (χ0v) is 15.5. The fourth-order valence-electron chi connectivity index (χ4n) is 3.76. The third-order valence-electron chi connectivity index (χ3n) is 4.99. The number of hydrogen-bond donors (Lipinski definition) is 0. The summed E-state index contributed by atoms with van der Waals surface area (Å²) in [5.41, 5.74) is 0.571. The molecule has 0 radical (unpaired) electrons. The standard InChI is InChI=1S/C19H27O4P/c1-22-16-11-7-12-17(23-2)18(16)19(20)15(10-5-6-13-24-21)14-8-3-4-9-14/h7,11-12,14-15H,3-6,8-10,13H2,1-2H3. The second-order valence-corrected chi connectivity index (χ2v) is 7.11. The maximum Gasteiger partial charge on any atom is 0.173 e. The van der Waals surface area contributed by atoms with Crippen LogP contribution in [0.5, 0.6) is 11.5 Å². The lowest BCUT2D eigenvalue weighted by Gasteiger charge is -2.24. The second-order valence-electron chi connectivity index (χ2n) is 6.40. The van der Waals surface area contributed by atoms with Crippen LogP contribution in [-0.2, 0) is 4.57 Å². The summed E-state index contributed by atoms with van der Waals surface area (Å²) in [4.78, 5) is 13.3. The van der Waals surface area contributed by atoms with Gasteiger partial charge in [-0.25, -0.2) is 0 Å². The van der Waals surface area contributed by atoms with Crippen LogP contribution in [0.3, 0.4) is 0 Å². The second kappa shape index (κ2) is 9.78. The minimum atomic E-state index is 0.000943. The lowest BCUT2D eigenvalue weighted by atomic mass is 9.80. The van der Waals surface area contributed by atoms with E-state index in [1.807, 2.05) is 18.2 Å². The predicted molar refractivity (Wildman–Crippen MR) is 95.6 cm³/mol. The Labute approximate surface area is 146 Å². The van der Waals surface area contributed by atoms with Gasteiger partial charge < -0.3 is 9.47 Å². The van der Waals surface area contributed by atoms with Crippen LogP contribution in [-0.4, -0.2) is 26.2 Å². The highest BCUT2D eigenvalue weighted by atomic mass is 31.1. The largest absolute Gasteiger partial charge is 0.496 e. The molecule has 0 heterocycles. The first kappa shape index (κ1) is 18.9. The van der Waals surface area contributed by atoms with Gasteiger partial charge in [-0.1, -0.05) is 25.3 Å². The average molecular weight is 350 g/mol. The van der Waals surface area contributed by atoms with Crippen LogP contribution in [0.15, 0.2) is 18.2 Å². The topological polar surface area (TPSA) is 52.6 Å². The van der Waals surface area contributed by atoms with Crippen molar-refractivity contribution in [3.8, 4) is 11.5 Å². The Hall–Kier alpha value is -1.41. The Bertz CT molecular complexity index is 530. The van der Waals surface area contributed by atoms with Gasteiger partial charge in [0.2, 0.25) is 0 Å². The first-order valence-electron chi connectivity index (χ1n) is 8.77. The Morgan fingerprint density at radius 2 is 1.79 bits per heavy atom. The van der Waals surface area contributed by atoms with Gasteiger partial charge in [-0.2, -0.15) is 0 Å². The van der Waals surface area contributed by atoms with Crippen LogP contribution in [0.1, 0.15) is 55.3 Å². The maximum absolute atomic E-state index is 13.3. The summed E-state index contributed by atoms with van der Waals surface area (Å²) in [6.45, 7) is 0. The van der Waals surface area contributed by atoms with E-state index in [0.717, 1.165) is 32.1 Å². The van der Waals surface area contributed by atoms with Crippen LogP contribution in [0, 0.1) is 11.8 Å². The van der Waals surface area contributed by atoms with Gasteiger partial charge in [0, 0.05) is 12.1 Å². The molecule has 1 aromatic rings. The van der Waals surface area contributed by atoms with Gasteiger partial charge in [0.05, 0.1) is 14.2 Å². The number of methoxy groups -OCH3 is 2. The number of hydrogen-bond acceptors (Lipinski definition) is 4. The van der Waals surface area contributed by atoms with Gasteiger partial charge in [-0.05, 0) is 43.7 Å². The molecule has 1 fully saturated rings. The van der Waals surface area contributed by atoms with E-state index in [1.54, 1.807) is 14.2 Å². The van der Waals surface area contributed by atoms with Gasteiger partial charge in [-0.3, -0.25) is 9.36 Å². The Morgan fingerprint density at radius 3 is 2.33 bits per heavy atom. The van der Waals surface area contributed by atoms with Gasteiger partial charge in [0.25, 0.3) is 0 Å². The number of unbranched alkanes of at least 4 members (excludes halogenated alkanes) is 1. The van der Waals surface area contributed by atoms with Crippen molar-refractivity contribution in [3.05, 3.63) is 23.8 Å². The van der Waals surface area contributed by atoms with Crippen molar-refractivity contribution >= 4 is 14.2 Å². The molecule has 0 aromatic heterocycles. The molecule has 24 heavy (non-hydrogen) atoms. The van der Waals surface area contributed by atoms with Crippen molar-refractivity contribution in [2.24, 2.45) is 11.8 Å². The predicted octanol–water partition coefficient (Wildman–Crippen LogP) is 5.15. The molecule has 0 bridgehead atoms. The summed E-state index contributed by atoms with van der Waals surface area (Å²) in [6.07, 6.45) is 7.99. The number of rotatable bonds is 10. The number of carbonyl (C=O) groups is 1. The van der Waals surface area contributed by atoms with Crippen LogP contribution in [0.25, 0.3) is 0 Å². The lowest BCUT2D eigenvalue weighted by Crippen LogP contribution is -2.23. The summed E-state index contributed by atoms with van der Waals surface area (Å²) in [5.74, 6) is 1.75. The molecule has 2 rings (SSSR count). The quantitative estimate of drug-likeness (QED) is 0.332. The number of Topliss-reactive ketones (excluding diaryl/α,β-unsaturated/α-hetero) is 1. The van der Waals surface area contributed by atoms with E-state index in [9.17, 15) is 9.36 Å². The normalized spacial score (nSPS) is 16.2. The van der Waals surface area contributed by atoms with Gasteiger partial charge >= 0.3 is 0 Å². The van der Waals surface area contributed by atoms with Crippen molar-refractivity contribution in [3.63, 3.8) is 0 Å². The number of ketones is 1. The maximum atomic E-state index is 13.3. The van der Waals surface area contributed by atoms with Crippen LogP contribution >= 0.6 is 8.46 Å². The third kappa shape index (κ3) is 4.57. The molecule has 0 N–H and O–H groups in total. The summed E-state index contributed by atoms with van der Waals surface area (Å²) < 4.78 is 21.5. The number of ether oxygens (including phenoxy) is 2. The van der Waals surface area contributed by atoms with E-state index < -0.39 is 0 Å². The molecule has 1 atom stereocenters. The van der Waals surface area contributed by atoms with Crippen molar-refractivity contribution < 1.29 is 18.8 Å². The highest BCUT2D eigenvalue weighted by molar-refractivity contribution is 7.23. The van der Waals surface area contributed by atoms with Crippen LogP contribution in [0.4, 0.5) is 0 Å². The van der Waals surface area contributed by atoms with E-state index in [0.29, 0.717) is 29.1 Å².